The molecule has 0 atom stereocenters. The standard InChI is InChI=1S/C26H23N3O3/c1-16-10-12-17(13-11-16)24-25-20(19-7-3-4-8-21(19)27-25)14-23(28-24)29(26(31)32)15-18-6-2-5-9-22(18)30/h3-4,6-8,10-14,27H,2,5,9,15H2,1H3,(H,31,32). The predicted molar refractivity (Wildman–Crippen MR) is 126 cm³/mol. The van der Waals surface area contributed by atoms with Gasteiger partial charge in [0.25, 0.3) is 0 Å². The number of nitrogens with one attached hydrogen (secondary N) is 1. The molecule has 2 aromatic carbocycles. The molecule has 6 heteroatoms. The van der Waals surface area contributed by atoms with E-state index in [-0.39, 0.29) is 12.3 Å². The number of pyridine rings is 1. The van der Waals surface area contributed by atoms with E-state index in [1.54, 1.807) is 6.07 Å². The molecule has 0 saturated heterocycles. The molecule has 2 aromatic heterocycles. The fourth-order valence-corrected chi connectivity index (χ4v) is 4.27. The zero-order chi connectivity index (χ0) is 22.2. The monoisotopic (exact) mass is 425 g/mol. The quantitative estimate of drug-likeness (QED) is 0.429. The Kier molecular flexibility index (Phi) is 4.98. The fourth-order valence-electron chi connectivity index (χ4n) is 4.27. The van der Waals surface area contributed by atoms with Crippen LogP contribution < -0.4 is 4.90 Å². The summed E-state index contributed by atoms with van der Waals surface area (Å²) in [5, 5.41) is 11.9. The number of aromatic amines is 1. The maximum absolute atomic E-state index is 12.3. The summed E-state index contributed by atoms with van der Waals surface area (Å²) < 4.78 is 0. The van der Waals surface area contributed by atoms with Gasteiger partial charge in [0.2, 0.25) is 0 Å². The van der Waals surface area contributed by atoms with Gasteiger partial charge in [-0.25, -0.2) is 9.78 Å². The van der Waals surface area contributed by atoms with E-state index in [4.69, 9.17) is 4.98 Å². The Morgan fingerprint density at radius 3 is 2.66 bits per heavy atom. The summed E-state index contributed by atoms with van der Waals surface area (Å²) >= 11 is 0. The largest absolute Gasteiger partial charge is 0.465 e. The number of hydrogen-bond acceptors (Lipinski definition) is 3. The van der Waals surface area contributed by atoms with Gasteiger partial charge in [-0.2, -0.15) is 0 Å². The van der Waals surface area contributed by atoms with E-state index in [0.29, 0.717) is 23.5 Å². The third-order valence-electron chi connectivity index (χ3n) is 6.00. The summed E-state index contributed by atoms with van der Waals surface area (Å²) in [4.78, 5) is 34.0. The molecule has 1 amide bonds. The number of Topliss-reactive ketones (excluding diaryl/α,β-unsaturated/α-hetero) is 1. The van der Waals surface area contributed by atoms with Crippen molar-refractivity contribution in [3.8, 4) is 11.3 Å². The molecule has 2 N–H and O–H groups in total. The topological polar surface area (TPSA) is 86.3 Å². The second-order valence-corrected chi connectivity index (χ2v) is 8.20. The number of H-pyrrole nitrogens is 1. The number of carbonyl (C=O) groups is 2. The van der Waals surface area contributed by atoms with Crippen LogP contribution in [-0.4, -0.2) is 33.5 Å². The highest BCUT2D eigenvalue weighted by molar-refractivity contribution is 6.12. The van der Waals surface area contributed by atoms with Crippen LogP contribution in [0.1, 0.15) is 24.8 Å². The number of carbonyl (C=O) groups excluding carboxylic acids is 1. The number of para-hydroxylation sites is 1. The molecule has 0 aliphatic heterocycles. The SMILES string of the molecule is Cc1ccc(-c2nc(N(CC3=CCCCC3=O)C(=O)O)cc3c2[nH]c2ccccc23)cc1. The lowest BCUT2D eigenvalue weighted by atomic mass is 9.98. The summed E-state index contributed by atoms with van der Waals surface area (Å²) in [5.74, 6) is 0.319. The zero-order valence-corrected chi connectivity index (χ0v) is 17.8. The summed E-state index contributed by atoms with van der Waals surface area (Å²) in [6, 6.07) is 17.7. The summed E-state index contributed by atoms with van der Waals surface area (Å²) in [6.07, 6.45) is 2.78. The van der Waals surface area contributed by atoms with Gasteiger partial charge < -0.3 is 10.1 Å². The Labute approximate surface area is 185 Å². The predicted octanol–water partition coefficient (Wildman–Crippen LogP) is 5.86. The number of nitrogens with zero attached hydrogens (tertiary/aromatic N) is 2. The van der Waals surface area contributed by atoms with E-state index < -0.39 is 6.09 Å². The van der Waals surface area contributed by atoms with Crippen LogP contribution in [0.5, 0.6) is 0 Å². The highest BCUT2D eigenvalue weighted by Crippen LogP contribution is 2.35. The van der Waals surface area contributed by atoms with Crippen LogP contribution in [0, 0.1) is 6.92 Å². The molecule has 0 fully saturated rings. The van der Waals surface area contributed by atoms with Crippen molar-refractivity contribution in [2.24, 2.45) is 0 Å². The number of fused-ring (bicyclic) bond motifs is 3. The molecule has 4 aromatic rings. The number of rotatable bonds is 4. The number of aromatic nitrogens is 2. The molecular formula is C26H23N3O3. The van der Waals surface area contributed by atoms with Gasteiger partial charge in [0, 0.05) is 33.8 Å². The first-order chi connectivity index (χ1) is 15.5. The first-order valence-electron chi connectivity index (χ1n) is 10.7. The molecule has 5 rings (SSSR count). The normalized spacial score (nSPS) is 14.0. The second kappa shape index (κ2) is 7.96. The van der Waals surface area contributed by atoms with E-state index >= 15 is 0 Å². The van der Waals surface area contributed by atoms with Gasteiger partial charge in [-0.05, 0) is 31.9 Å². The van der Waals surface area contributed by atoms with Crippen LogP contribution in [0.3, 0.4) is 0 Å². The Balaban J connectivity index is 1.72. The van der Waals surface area contributed by atoms with Crippen molar-refractivity contribution in [1.29, 1.82) is 0 Å². The number of allylic oxidation sites excluding steroid dienone is 1. The van der Waals surface area contributed by atoms with Crippen LogP contribution >= 0.6 is 0 Å². The average Bonchev–Trinajstić information content (AvgIpc) is 3.17. The molecule has 2 heterocycles. The van der Waals surface area contributed by atoms with E-state index in [1.807, 2.05) is 61.5 Å². The molecule has 1 aliphatic carbocycles. The van der Waals surface area contributed by atoms with Gasteiger partial charge in [-0.15, -0.1) is 0 Å². The third kappa shape index (κ3) is 3.54. The number of anilines is 1. The smallest absolute Gasteiger partial charge is 0.413 e. The molecule has 1 aliphatic rings. The van der Waals surface area contributed by atoms with Crippen molar-refractivity contribution in [2.45, 2.75) is 26.2 Å². The lowest BCUT2D eigenvalue weighted by Crippen LogP contribution is -2.34. The van der Waals surface area contributed by atoms with Crippen LogP contribution in [0.15, 0.2) is 66.2 Å². The molecule has 0 saturated carbocycles. The number of carboxylic acid groups (broad SMARTS) is 1. The number of benzene rings is 2. The minimum Gasteiger partial charge on any atom is -0.465 e. The first-order valence-corrected chi connectivity index (χ1v) is 10.7. The average molecular weight is 425 g/mol. The third-order valence-corrected chi connectivity index (χ3v) is 6.00. The molecule has 0 bridgehead atoms. The highest BCUT2D eigenvalue weighted by atomic mass is 16.4. The van der Waals surface area contributed by atoms with E-state index in [1.165, 1.54) is 4.90 Å². The van der Waals surface area contributed by atoms with Gasteiger partial charge in [0.15, 0.2) is 5.78 Å². The Morgan fingerprint density at radius 1 is 1.12 bits per heavy atom. The van der Waals surface area contributed by atoms with Crippen molar-refractivity contribution in [3.63, 3.8) is 0 Å². The highest BCUT2D eigenvalue weighted by Gasteiger charge is 2.24. The molecule has 0 radical (unpaired) electrons. The maximum atomic E-state index is 12.3. The zero-order valence-electron chi connectivity index (χ0n) is 17.8. The van der Waals surface area contributed by atoms with Gasteiger partial charge in [0.05, 0.1) is 17.8 Å². The summed E-state index contributed by atoms with van der Waals surface area (Å²) in [7, 11) is 0. The van der Waals surface area contributed by atoms with Crippen molar-refractivity contribution < 1.29 is 14.7 Å². The minimum absolute atomic E-state index is 0.00235. The second-order valence-electron chi connectivity index (χ2n) is 8.20. The Hall–Kier alpha value is -3.93. The molecule has 6 nitrogen and oxygen atoms in total. The maximum Gasteiger partial charge on any atom is 0.413 e. The van der Waals surface area contributed by atoms with Gasteiger partial charge >= 0.3 is 6.09 Å². The number of ketones is 1. The Morgan fingerprint density at radius 2 is 1.91 bits per heavy atom. The van der Waals surface area contributed by atoms with Crippen molar-refractivity contribution >= 4 is 39.5 Å². The molecule has 0 spiro atoms. The van der Waals surface area contributed by atoms with Crippen LogP contribution in [-0.2, 0) is 4.79 Å². The molecule has 0 unspecified atom stereocenters. The minimum atomic E-state index is -1.13. The first kappa shape index (κ1) is 20.0. The number of hydrogen-bond donors (Lipinski definition) is 2. The lowest BCUT2D eigenvalue weighted by Gasteiger charge is -2.22. The Bertz CT molecular complexity index is 1380. The summed E-state index contributed by atoms with van der Waals surface area (Å²) in [5.41, 5.74) is 5.07. The van der Waals surface area contributed by atoms with Crippen molar-refractivity contribution in [2.75, 3.05) is 11.4 Å². The van der Waals surface area contributed by atoms with E-state index in [0.717, 1.165) is 45.8 Å². The van der Waals surface area contributed by atoms with Crippen molar-refractivity contribution in [1.82, 2.24) is 9.97 Å². The van der Waals surface area contributed by atoms with Gasteiger partial charge in [0.1, 0.15) is 5.82 Å². The molecular weight excluding hydrogens is 402 g/mol. The molecule has 160 valence electrons. The summed E-state index contributed by atoms with van der Waals surface area (Å²) in [6.45, 7) is 2.02. The van der Waals surface area contributed by atoms with Crippen molar-refractivity contribution in [3.05, 3.63) is 71.8 Å². The fraction of sp³-hybridized carbons (Fsp3) is 0.192. The lowest BCUT2D eigenvalue weighted by molar-refractivity contribution is -0.116. The number of aryl methyl sites for hydroxylation is 1. The number of amides is 1. The van der Waals surface area contributed by atoms with Gasteiger partial charge in [-0.1, -0.05) is 54.1 Å². The van der Waals surface area contributed by atoms with Crippen LogP contribution in [0.2, 0.25) is 0 Å². The van der Waals surface area contributed by atoms with Crippen LogP contribution in [0.25, 0.3) is 33.1 Å². The van der Waals surface area contributed by atoms with E-state index in [9.17, 15) is 14.7 Å². The molecule has 32 heavy (non-hydrogen) atoms. The van der Waals surface area contributed by atoms with Crippen LogP contribution in [0.4, 0.5) is 10.6 Å². The van der Waals surface area contributed by atoms with Gasteiger partial charge in [-0.3, -0.25) is 9.69 Å². The van der Waals surface area contributed by atoms with E-state index in [2.05, 4.69) is 4.98 Å².